The van der Waals surface area contributed by atoms with Crippen LogP contribution in [0, 0.1) is 23.7 Å². The Balaban J connectivity index is 1.67. The van der Waals surface area contributed by atoms with Gasteiger partial charge in [0.15, 0.2) is 0 Å². The Hall–Kier alpha value is -0.0400. The van der Waals surface area contributed by atoms with Gasteiger partial charge in [0, 0.05) is 0 Å². The molecule has 2 unspecified atom stereocenters. The molecule has 1 saturated heterocycles. The highest BCUT2D eigenvalue weighted by Crippen LogP contribution is 2.49. The number of fused-ring (bicyclic) bond motifs is 1. The van der Waals surface area contributed by atoms with Crippen molar-refractivity contribution >= 4 is 0 Å². The predicted molar refractivity (Wildman–Crippen MR) is 45.3 cm³/mol. The van der Waals surface area contributed by atoms with Crippen molar-refractivity contribution in [3.63, 3.8) is 0 Å². The number of nitrogens with one attached hydrogen (secondary N) is 1. The van der Waals surface area contributed by atoms with Gasteiger partial charge in [0.1, 0.15) is 0 Å². The lowest BCUT2D eigenvalue weighted by Crippen LogP contribution is -2.12. The molecule has 3 fully saturated rings. The Morgan fingerprint density at radius 1 is 0.727 bits per heavy atom. The SMILES string of the molecule is C1CC1C1CC2CNCC2C1. The zero-order valence-corrected chi connectivity index (χ0v) is 7.05. The van der Waals surface area contributed by atoms with Crippen LogP contribution in [-0.2, 0) is 0 Å². The maximum Gasteiger partial charge on any atom is -0.00172 e. The van der Waals surface area contributed by atoms with E-state index in [1.807, 2.05) is 0 Å². The summed E-state index contributed by atoms with van der Waals surface area (Å²) in [4.78, 5) is 0. The maximum absolute atomic E-state index is 3.50. The molecule has 3 rings (SSSR count). The molecule has 0 amide bonds. The first kappa shape index (κ1) is 6.47. The van der Waals surface area contributed by atoms with Gasteiger partial charge in [0.2, 0.25) is 0 Å². The lowest BCUT2D eigenvalue weighted by Gasteiger charge is -2.07. The summed E-state index contributed by atoms with van der Waals surface area (Å²) in [7, 11) is 0. The van der Waals surface area contributed by atoms with Gasteiger partial charge in [-0.25, -0.2) is 0 Å². The minimum Gasteiger partial charge on any atom is -0.316 e. The molecule has 0 aromatic carbocycles. The van der Waals surface area contributed by atoms with Gasteiger partial charge in [-0.2, -0.15) is 0 Å². The molecule has 0 spiro atoms. The number of hydrogen-bond donors (Lipinski definition) is 1. The molecule has 0 aromatic heterocycles. The highest BCUT2D eigenvalue weighted by Gasteiger charge is 2.43. The largest absolute Gasteiger partial charge is 0.316 e. The van der Waals surface area contributed by atoms with E-state index in [-0.39, 0.29) is 0 Å². The van der Waals surface area contributed by atoms with Crippen LogP contribution in [0.5, 0.6) is 0 Å². The third kappa shape index (κ3) is 1.01. The van der Waals surface area contributed by atoms with Gasteiger partial charge in [-0.15, -0.1) is 0 Å². The van der Waals surface area contributed by atoms with Crippen molar-refractivity contribution < 1.29 is 0 Å². The molecule has 1 heteroatoms. The zero-order valence-electron chi connectivity index (χ0n) is 7.05. The third-order valence-corrected chi connectivity index (χ3v) is 3.98. The average Bonchev–Trinajstić information content (AvgIpc) is 2.60. The topological polar surface area (TPSA) is 12.0 Å². The minimum atomic E-state index is 1.07. The van der Waals surface area contributed by atoms with Crippen molar-refractivity contribution in [2.75, 3.05) is 13.1 Å². The van der Waals surface area contributed by atoms with Crippen LogP contribution in [0.3, 0.4) is 0 Å². The molecule has 1 heterocycles. The summed E-state index contributed by atoms with van der Waals surface area (Å²) in [6.45, 7) is 2.65. The zero-order chi connectivity index (χ0) is 7.26. The van der Waals surface area contributed by atoms with Crippen molar-refractivity contribution in [1.82, 2.24) is 5.32 Å². The van der Waals surface area contributed by atoms with Crippen molar-refractivity contribution in [2.45, 2.75) is 25.7 Å². The summed E-state index contributed by atoms with van der Waals surface area (Å²) >= 11 is 0. The molecule has 2 atom stereocenters. The second-order valence-electron chi connectivity index (χ2n) is 4.75. The molecule has 2 aliphatic carbocycles. The summed E-state index contributed by atoms with van der Waals surface area (Å²) in [6.07, 6.45) is 6.22. The fourth-order valence-corrected chi connectivity index (χ4v) is 3.17. The third-order valence-electron chi connectivity index (χ3n) is 3.98. The van der Waals surface area contributed by atoms with Crippen LogP contribution in [0.2, 0.25) is 0 Å². The first-order valence-electron chi connectivity index (χ1n) is 5.14. The summed E-state index contributed by atoms with van der Waals surface area (Å²) < 4.78 is 0. The Morgan fingerprint density at radius 3 is 1.91 bits per heavy atom. The van der Waals surface area contributed by atoms with Crippen LogP contribution in [0.15, 0.2) is 0 Å². The first-order chi connectivity index (χ1) is 5.43. The lowest BCUT2D eigenvalue weighted by molar-refractivity contribution is 0.438. The van der Waals surface area contributed by atoms with Gasteiger partial charge in [-0.3, -0.25) is 0 Å². The van der Waals surface area contributed by atoms with Gasteiger partial charge in [-0.05, 0) is 62.4 Å². The normalized spacial score (nSPS) is 49.6. The smallest absolute Gasteiger partial charge is 0.00172 e. The van der Waals surface area contributed by atoms with E-state index in [1.165, 1.54) is 19.0 Å². The van der Waals surface area contributed by atoms with Crippen molar-refractivity contribution in [3.8, 4) is 0 Å². The molecule has 1 N–H and O–H groups in total. The fourth-order valence-electron chi connectivity index (χ4n) is 3.17. The average molecular weight is 151 g/mol. The van der Waals surface area contributed by atoms with E-state index in [2.05, 4.69) is 5.32 Å². The van der Waals surface area contributed by atoms with E-state index >= 15 is 0 Å². The van der Waals surface area contributed by atoms with Crippen LogP contribution in [0.25, 0.3) is 0 Å². The minimum absolute atomic E-state index is 1.07. The van der Waals surface area contributed by atoms with Gasteiger partial charge >= 0.3 is 0 Å². The van der Waals surface area contributed by atoms with Crippen LogP contribution < -0.4 is 5.32 Å². The summed E-state index contributed by atoms with van der Waals surface area (Å²) in [6, 6.07) is 0. The molecular formula is C10H17N. The van der Waals surface area contributed by atoms with Crippen molar-refractivity contribution in [1.29, 1.82) is 0 Å². The quantitative estimate of drug-likeness (QED) is 0.601. The molecule has 3 aliphatic rings. The van der Waals surface area contributed by atoms with Crippen molar-refractivity contribution in [3.05, 3.63) is 0 Å². The van der Waals surface area contributed by atoms with E-state index in [0.29, 0.717) is 0 Å². The molecule has 62 valence electrons. The van der Waals surface area contributed by atoms with Crippen LogP contribution >= 0.6 is 0 Å². The van der Waals surface area contributed by atoms with E-state index < -0.39 is 0 Å². The second kappa shape index (κ2) is 2.22. The molecular weight excluding hydrogens is 134 g/mol. The van der Waals surface area contributed by atoms with E-state index in [4.69, 9.17) is 0 Å². The molecule has 2 saturated carbocycles. The summed E-state index contributed by atoms with van der Waals surface area (Å²) in [5, 5.41) is 3.50. The van der Waals surface area contributed by atoms with Gasteiger partial charge in [0.25, 0.3) is 0 Å². The van der Waals surface area contributed by atoms with Crippen molar-refractivity contribution in [2.24, 2.45) is 23.7 Å². The number of rotatable bonds is 1. The predicted octanol–water partition coefficient (Wildman–Crippen LogP) is 1.64. The highest BCUT2D eigenvalue weighted by atomic mass is 14.9. The fraction of sp³-hybridized carbons (Fsp3) is 1.00. The monoisotopic (exact) mass is 151 g/mol. The van der Waals surface area contributed by atoms with Crippen LogP contribution in [0.1, 0.15) is 25.7 Å². The second-order valence-corrected chi connectivity index (χ2v) is 4.75. The Kier molecular flexibility index (Phi) is 1.31. The Labute approximate surface area is 68.6 Å². The summed E-state index contributed by atoms with van der Waals surface area (Å²) in [5.74, 6) is 4.45. The highest BCUT2D eigenvalue weighted by molar-refractivity contribution is 4.95. The molecule has 0 aromatic rings. The maximum atomic E-state index is 3.50. The Morgan fingerprint density at radius 2 is 1.36 bits per heavy atom. The molecule has 0 radical (unpaired) electrons. The molecule has 1 aliphatic heterocycles. The Bertz CT molecular complexity index is 150. The van der Waals surface area contributed by atoms with Gasteiger partial charge < -0.3 is 5.32 Å². The lowest BCUT2D eigenvalue weighted by atomic mass is 10.0. The standard InChI is InChI=1S/C10H17N/c1-2-7(1)8-3-9-5-11-6-10(9)4-8/h7-11H,1-6H2. The van der Waals surface area contributed by atoms with E-state index in [0.717, 1.165) is 17.8 Å². The summed E-state index contributed by atoms with van der Waals surface area (Å²) in [5.41, 5.74) is 0. The van der Waals surface area contributed by atoms with Crippen LogP contribution in [-0.4, -0.2) is 13.1 Å². The van der Waals surface area contributed by atoms with Crippen LogP contribution in [0.4, 0.5) is 0 Å². The van der Waals surface area contributed by atoms with E-state index in [1.54, 1.807) is 25.7 Å². The van der Waals surface area contributed by atoms with Gasteiger partial charge in [-0.1, -0.05) is 0 Å². The molecule has 1 nitrogen and oxygen atoms in total. The van der Waals surface area contributed by atoms with E-state index in [9.17, 15) is 0 Å². The molecule has 11 heavy (non-hydrogen) atoms. The first-order valence-corrected chi connectivity index (χ1v) is 5.14. The number of hydrogen-bond acceptors (Lipinski definition) is 1. The van der Waals surface area contributed by atoms with Gasteiger partial charge in [0.05, 0.1) is 0 Å². The molecule has 0 bridgehead atoms.